The van der Waals surface area contributed by atoms with Gasteiger partial charge in [-0.25, -0.2) is 9.97 Å². The molecule has 0 aliphatic rings. The highest BCUT2D eigenvalue weighted by molar-refractivity contribution is 7.26. The highest BCUT2D eigenvalue weighted by Crippen LogP contribution is 2.46. The first-order chi connectivity index (χ1) is 26.8. The largest absolute Gasteiger partial charge is 0.228 e. The third kappa shape index (κ3) is 4.99. The number of benzene rings is 8. The Kier molecular flexibility index (Phi) is 7.25. The Morgan fingerprint density at radius 1 is 0.352 bits per heavy atom. The fourth-order valence-corrected chi connectivity index (χ4v) is 10.5. The van der Waals surface area contributed by atoms with Crippen molar-refractivity contribution in [2.45, 2.75) is 0 Å². The zero-order valence-electron chi connectivity index (χ0n) is 29.0. The number of rotatable bonds is 5. The topological polar surface area (TPSA) is 25.8 Å². The number of aromatic nitrogens is 2. The van der Waals surface area contributed by atoms with Crippen molar-refractivity contribution in [3.05, 3.63) is 182 Å². The van der Waals surface area contributed by atoms with Crippen LogP contribution < -0.4 is 0 Å². The minimum atomic E-state index is 0.714. The molecule has 252 valence electrons. The van der Waals surface area contributed by atoms with Gasteiger partial charge in [0.25, 0.3) is 0 Å². The van der Waals surface area contributed by atoms with Gasteiger partial charge in [0.05, 0.1) is 11.4 Å². The van der Waals surface area contributed by atoms with Gasteiger partial charge in [-0.2, -0.15) is 0 Å². The van der Waals surface area contributed by atoms with Crippen molar-refractivity contribution in [2.75, 3.05) is 0 Å². The van der Waals surface area contributed by atoms with Crippen LogP contribution >= 0.6 is 22.7 Å². The van der Waals surface area contributed by atoms with Crippen LogP contribution in [0.1, 0.15) is 0 Å². The van der Waals surface area contributed by atoms with Gasteiger partial charge in [0.2, 0.25) is 0 Å². The summed E-state index contributed by atoms with van der Waals surface area (Å²) >= 11 is 3.67. The van der Waals surface area contributed by atoms with Crippen molar-refractivity contribution in [3.63, 3.8) is 0 Å². The molecule has 3 aromatic heterocycles. The molecule has 0 bridgehead atoms. The van der Waals surface area contributed by atoms with Crippen molar-refractivity contribution in [1.29, 1.82) is 0 Å². The monoisotopic (exact) mass is 722 g/mol. The van der Waals surface area contributed by atoms with Crippen LogP contribution in [0.25, 0.3) is 107 Å². The highest BCUT2D eigenvalue weighted by Gasteiger charge is 2.22. The lowest BCUT2D eigenvalue weighted by atomic mass is 9.88. The predicted octanol–water partition coefficient (Wildman–Crippen LogP) is 14.7. The van der Waals surface area contributed by atoms with E-state index in [4.69, 9.17) is 9.97 Å². The van der Waals surface area contributed by atoms with Crippen LogP contribution in [0.4, 0.5) is 0 Å². The number of fused-ring (bicyclic) bond motifs is 7. The third-order valence-electron chi connectivity index (χ3n) is 10.5. The summed E-state index contributed by atoms with van der Waals surface area (Å²) in [5, 5.41) is 7.35. The molecule has 0 radical (unpaired) electrons. The molecule has 0 saturated carbocycles. The third-order valence-corrected chi connectivity index (χ3v) is 13.0. The molecule has 0 aliphatic heterocycles. The first kappa shape index (κ1) is 31.1. The Hall–Kier alpha value is -6.46. The van der Waals surface area contributed by atoms with Gasteiger partial charge in [-0.05, 0) is 45.8 Å². The lowest BCUT2D eigenvalue weighted by molar-refractivity contribution is 1.19. The van der Waals surface area contributed by atoms with Crippen LogP contribution in [0.5, 0.6) is 0 Å². The smallest absolute Gasteiger partial charge is 0.161 e. The van der Waals surface area contributed by atoms with Crippen LogP contribution in [0.3, 0.4) is 0 Å². The molecular weight excluding hydrogens is 693 g/mol. The first-order valence-corrected chi connectivity index (χ1v) is 19.8. The van der Waals surface area contributed by atoms with Crippen LogP contribution in [0.15, 0.2) is 182 Å². The average Bonchev–Trinajstić information content (AvgIpc) is 3.82. The van der Waals surface area contributed by atoms with E-state index < -0.39 is 0 Å². The van der Waals surface area contributed by atoms with E-state index in [1.165, 1.54) is 40.3 Å². The van der Waals surface area contributed by atoms with Crippen molar-refractivity contribution in [2.24, 2.45) is 0 Å². The van der Waals surface area contributed by atoms with Gasteiger partial charge < -0.3 is 0 Å². The van der Waals surface area contributed by atoms with Crippen LogP contribution in [-0.4, -0.2) is 9.97 Å². The zero-order valence-corrected chi connectivity index (χ0v) is 30.7. The molecule has 11 aromatic rings. The van der Waals surface area contributed by atoms with Crippen LogP contribution in [0.2, 0.25) is 0 Å². The number of thiophene rings is 2. The molecule has 0 saturated heterocycles. The van der Waals surface area contributed by atoms with E-state index in [2.05, 4.69) is 182 Å². The summed E-state index contributed by atoms with van der Waals surface area (Å²) in [5.41, 5.74) is 9.66. The first-order valence-electron chi connectivity index (χ1n) is 18.2. The summed E-state index contributed by atoms with van der Waals surface area (Å²) in [5.74, 6) is 0.714. The lowest BCUT2D eigenvalue weighted by Gasteiger charge is -2.18. The molecule has 11 rings (SSSR count). The summed E-state index contributed by atoms with van der Waals surface area (Å²) in [6.07, 6.45) is 0. The van der Waals surface area contributed by atoms with Crippen LogP contribution in [0, 0.1) is 0 Å². The fraction of sp³-hybridized carbons (Fsp3) is 0. The lowest BCUT2D eigenvalue weighted by Crippen LogP contribution is -1.99. The zero-order chi connectivity index (χ0) is 35.6. The molecule has 54 heavy (non-hydrogen) atoms. The Bertz CT molecular complexity index is 3080. The summed E-state index contributed by atoms with van der Waals surface area (Å²) in [7, 11) is 0. The van der Waals surface area contributed by atoms with Gasteiger partial charge in [-0.3, -0.25) is 0 Å². The molecule has 0 amide bonds. The van der Waals surface area contributed by atoms with Crippen molar-refractivity contribution in [3.8, 4) is 56.2 Å². The van der Waals surface area contributed by atoms with Crippen LogP contribution in [-0.2, 0) is 0 Å². The van der Waals surface area contributed by atoms with Gasteiger partial charge in [-0.15, -0.1) is 22.7 Å². The summed E-state index contributed by atoms with van der Waals surface area (Å²) in [6.45, 7) is 0. The van der Waals surface area contributed by atoms with E-state index in [-0.39, 0.29) is 0 Å². The van der Waals surface area contributed by atoms with Gasteiger partial charge in [0.15, 0.2) is 5.82 Å². The van der Waals surface area contributed by atoms with Gasteiger partial charge in [-0.1, -0.05) is 164 Å². The summed E-state index contributed by atoms with van der Waals surface area (Å²) in [4.78, 5) is 11.2. The molecule has 0 spiro atoms. The van der Waals surface area contributed by atoms with Gasteiger partial charge >= 0.3 is 0 Å². The van der Waals surface area contributed by atoms with E-state index in [1.807, 2.05) is 22.7 Å². The molecule has 0 fully saturated rings. The van der Waals surface area contributed by atoms with E-state index >= 15 is 0 Å². The molecule has 4 heteroatoms. The minimum absolute atomic E-state index is 0.714. The average molecular weight is 723 g/mol. The van der Waals surface area contributed by atoms with E-state index in [9.17, 15) is 0 Å². The molecule has 0 N–H and O–H groups in total. The SMILES string of the molecule is c1ccc(-c2ccc3cccc(-c4ccccc4)c3c2-c2nc(-c3cccc4c3sc3ccccc34)cc(-c3cccc4c3sc3ccccc34)n2)cc1. The minimum Gasteiger partial charge on any atom is -0.228 e. The standard InChI is InChI=1S/C50H30N2S2/c1-3-14-31(15-4-1)34-21-11-18-33-28-29-35(32-16-5-2-6-17-32)47(46(33)34)50-51-42(40-24-12-22-38-36-19-7-9-26-44(36)53-48(38)40)30-43(52-50)41-25-13-23-39-37-20-8-10-27-45(37)54-49(39)41/h1-30H. The molecule has 2 nitrogen and oxygen atoms in total. The quantitative estimate of drug-likeness (QED) is 0.177. The Balaban J connectivity index is 1.28. The van der Waals surface area contributed by atoms with E-state index in [1.54, 1.807) is 0 Å². The van der Waals surface area contributed by atoms with E-state index in [0.29, 0.717) is 5.82 Å². The summed E-state index contributed by atoms with van der Waals surface area (Å²) < 4.78 is 5.02. The number of nitrogens with zero attached hydrogens (tertiary/aromatic N) is 2. The van der Waals surface area contributed by atoms with Crippen molar-refractivity contribution in [1.82, 2.24) is 9.97 Å². The second-order valence-corrected chi connectivity index (χ2v) is 15.8. The highest BCUT2D eigenvalue weighted by atomic mass is 32.1. The van der Waals surface area contributed by atoms with Gasteiger partial charge in [0, 0.05) is 62.4 Å². The van der Waals surface area contributed by atoms with Crippen molar-refractivity contribution < 1.29 is 0 Å². The maximum atomic E-state index is 5.61. The Morgan fingerprint density at radius 2 is 0.833 bits per heavy atom. The Morgan fingerprint density at radius 3 is 1.43 bits per heavy atom. The summed E-state index contributed by atoms with van der Waals surface area (Å²) in [6, 6.07) is 65.3. The normalized spacial score (nSPS) is 11.7. The maximum absolute atomic E-state index is 5.61. The fourth-order valence-electron chi connectivity index (χ4n) is 8.06. The molecule has 8 aromatic carbocycles. The second-order valence-electron chi connectivity index (χ2n) is 13.6. The molecule has 3 heterocycles. The molecule has 0 unspecified atom stereocenters. The maximum Gasteiger partial charge on any atom is 0.161 e. The Labute approximate surface area is 320 Å². The van der Waals surface area contributed by atoms with Crippen molar-refractivity contribution >= 4 is 73.8 Å². The predicted molar refractivity (Wildman–Crippen MR) is 232 cm³/mol. The number of hydrogen-bond donors (Lipinski definition) is 0. The van der Waals surface area contributed by atoms with E-state index in [0.717, 1.165) is 61.1 Å². The van der Waals surface area contributed by atoms with Gasteiger partial charge in [0.1, 0.15) is 0 Å². The molecule has 0 aliphatic carbocycles. The molecular formula is C50H30N2S2. The number of hydrogen-bond acceptors (Lipinski definition) is 4. The second kappa shape index (κ2) is 12.6. The molecule has 0 atom stereocenters.